The van der Waals surface area contributed by atoms with E-state index in [4.69, 9.17) is 9.47 Å². The van der Waals surface area contributed by atoms with E-state index in [9.17, 15) is 4.79 Å². The third-order valence-corrected chi connectivity index (χ3v) is 6.69. The van der Waals surface area contributed by atoms with Crippen LogP contribution in [0.5, 0.6) is 5.75 Å². The van der Waals surface area contributed by atoms with Gasteiger partial charge in [0.15, 0.2) is 0 Å². The van der Waals surface area contributed by atoms with Crippen molar-refractivity contribution in [3.8, 4) is 5.75 Å². The molecule has 0 saturated carbocycles. The molecule has 1 aliphatic carbocycles. The smallest absolute Gasteiger partial charge is 0.338 e. The number of nitrogens with zero attached hydrogens (tertiary/aromatic N) is 1. The van der Waals surface area contributed by atoms with Crippen LogP contribution in [0.4, 0.5) is 5.69 Å². The molecule has 2 aromatic carbocycles. The van der Waals surface area contributed by atoms with Crippen LogP contribution < -0.4 is 9.64 Å². The quantitative estimate of drug-likeness (QED) is 0.401. The number of benzene rings is 2. The molecule has 0 radical (unpaired) electrons. The van der Waals surface area contributed by atoms with E-state index in [-0.39, 0.29) is 11.4 Å². The van der Waals surface area contributed by atoms with E-state index in [1.807, 2.05) is 31.2 Å². The number of likely N-dealkylation sites (N-methyl/N-ethyl adjacent to an activating group) is 1. The fraction of sp³-hybridized carbons (Fsp3) is 0.483. The van der Waals surface area contributed by atoms with Crippen LogP contribution in [0.25, 0.3) is 5.57 Å². The Hall–Kier alpha value is -2.75. The summed E-state index contributed by atoms with van der Waals surface area (Å²) in [5.41, 5.74) is 7.23. The number of rotatable bonds is 9. The number of hydrogen-bond acceptors (Lipinski definition) is 4. The molecule has 1 aliphatic rings. The first-order chi connectivity index (χ1) is 15.7. The van der Waals surface area contributed by atoms with Crippen molar-refractivity contribution in [2.75, 3.05) is 31.7 Å². The highest BCUT2D eigenvalue weighted by molar-refractivity contribution is 5.89. The van der Waals surface area contributed by atoms with Crippen molar-refractivity contribution in [2.45, 2.75) is 59.8 Å². The summed E-state index contributed by atoms with van der Waals surface area (Å²) in [4.78, 5) is 14.3. The number of hydrogen-bond donors (Lipinski definition) is 0. The zero-order chi connectivity index (χ0) is 24.2. The van der Waals surface area contributed by atoms with Gasteiger partial charge in [0.25, 0.3) is 0 Å². The molecule has 0 N–H and O–H groups in total. The minimum absolute atomic E-state index is 0.107. The van der Waals surface area contributed by atoms with Gasteiger partial charge in [-0.1, -0.05) is 33.8 Å². The van der Waals surface area contributed by atoms with Crippen LogP contribution >= 0.6 is 0 Å². The Morgan fingerprint density at radius 1 is 1.12 bits per heavy atom. The number of carbonyl (C=O) groups is 1. The van der Waals surface area contributed by atoms with Crippen LogP contribution in [0.2, 0.25) is 0 Å². The van der Waals surface area contributed by atoms with Crippen LogP contribution in [0.15, 0.2) is 42.5 Å². The van der Waals surface area contributed by atoms with Gasteiger partial charge in [-0.05, 0) is 96.7 Å². The van der Waals surface area contributed by atoms with E-state index in [0.29, 0.717) is 18.1 Å². The highest BCUT2D eigenvalue weighted by Crippen LogP contribution is 2.44. The minimum Gasteiger partial charge on any atom is -0.496 e. The number of carbonyl (C=O) groups excluding carboxylic acids is 1. The van der Waals surface area contributed by atoms with Crippen molar-refractivity contribution >= 4 is 17.2 Å². The fourth-order valence-electron chi connectivity index (χ4n) is 4.69. The molecule has 178 valence electrons. The molecule has 4 heteroatoms. The van der Waals surface area contributed by atoms with Crippen LogP contribution in [0, 0.1) is 5.92 Å². The van der Waals surface area contributed by atoms with Crippen molar-refractivity contribution in [3.05, 3.63) is 64.7 Å². The predicted octanol–water partition coefficient (Wildman–Crippen LogP) is 6.66. The molecule has 0 fully saturated rings. The second-order valence-corrected chi connectivity index (χ2v) is 9.71. The Kier molecular flexibility index (Phi) is 7.88. The molecule has 0 heterocycles. The lowest BCUT2D eigenvalue weighted by Gasteiger charge is -2.34. The van der Waals surface area contributed by atoms with E-state index in [1.165, 1.54) is 22.3 Å². The van der Waals surface area contributed by atoms with E-state index >= 15 is 0 Å². The monoisotopic (exact) mass is 449 g/mol. The highest BCUT2D eigenvalue weighted by atomic mass is 16.5. The third-order valence-electron chi connectivity index (χ3n) is 6.69. The topological polar surface area (TPSA) is 38.8 Å². The van der Waals surface area contributed by atoms with E-state index in [0.717, 1.165) is 37.4 Å². The maximum absolute atomic E-state index is 12.0. The summed E-state index contributed by atoms with van der Waals surface area (Å²) in [7, 11) is 1.77. The summed E-state index contributed by atoms with van der Waals surface area (Å²) in [6, 6.07) is 12.3. The molecule has 0 unspecified atom stereocenters. The van der Waals surface area contributed by atoms with Crippen molar-refractivity contribution in [3.63, 3.8) is 0 Å². The van der Waals surface area contributed by atoms with E-state index < -0.39 is 0 Å². The normalized spacial score (nSPS) is 14.5. The summed E-state index contributed by atoms with van der Waals surface area (Å²) >= 11 is 0. The van der Waals surface area contributed by atoms with Crippen LogP contribution in [-0.4, -0.2) is 32.8 Å². The maximum Gasteiger partial charge on any atom is 0.338 e. The number of methoxy groups -OCH3 is 1. The number of allylic oxidation sites excluding steroid dienone is 2. The van der Waals surface area contributed by atoms with E-state index in [1.54, 1.807) is 7.11 Å². The molecular weight excluding hydrogens is 410 g/mol. The van der Waals surface area contributed by atoms with Crippen molar-refractivity contribution in [2.24, 2.45) is 5.92 Å². The average Bonchev–Trinajstić information content (AvgIpc) is 2.79. The Bertz CT molecular complexity index is 1000. The van der Waals surface area contributed by atoms with Gasteiger partial charge in [0.05, 0.1) is 19.3 Å². The Morgan fingerprint density at radius 2 is 1.82 bits per heavy atom. The molecule has 4 nitrogen and oxygen atoms in total. The first-order valence-corrected chi connectivity index (χ1v) is 12.2. The van der Waals surface area contributed by atoms with Gasteiger partial charge in [-0.2, -0.15) is 0 Å². The summed E-state index contributed by atoms with van der Waals surface area (Å²) in [6.07, 6.45) is 4.36. The SMILES string of the molecule is CCOC(=O)c1ccc(N(CC)CCc2cc3c(cc2OC)C(C)(C)CC=C3C(C)C)cc1. The molecule has 0 aromatic heterocycles. The Balaban J connectivity index is 1.85. The molecule has 0 spiro atoms. The maximum atomic E-state index is 12.0. The van der Waals surface area contributed by atoms with Gasteiger partial charge in [-0.3, -0.25) is 0 Å². The van der Waals surface area contributed by atoms with Crippen LogP contribution in [0.3, 0.4) is 0 Å². The van der Waals surface area contributed by atoms with Gasteiger partial charge < -0.3 is 14.4 Å². The fourth-order valence-corrected chi connectivity index (χ4v) is 4.69. The molecule has 0 atom stereocenters. The Labute approximate surface area is 199 Å². The number of fused-ring (bicyclic) bond motifs is 1. The zero-order valence-corrected chi connectivity index (χ0v) is 21.3. The summed E-state index contributed by atoms with van der Waals surface area (Å²) in [5.74, 6) is 1.19. The van der Waals surface area contributed by atoms with Gasteiger partial charge in [-0.15, -0.1) is 0 Å². The lowest BCUT2D eigenvalue weighted by atomic mass is 9.71. The van der Waals surface area contributed by atoms with Crippen molar-refractivity contribution in [1.29, 1.82) is 0 Å². The number of anilines is 1. The first kappa shape index (κ1) is 24.9. The standard InChI is InChI=1S/C29H39NO3/c1-8-30(23-12-10-21(11-13-23)28(31)33-9-2)17-15-22-18-25-24(20(3)4)14-16-29(5,6)26(25)19-27(22)32-7/h10-14,18-20H,8-9,15-17H2,1-7H3. The number of ether oxygens (including phenoxy) is 2. The van der Waals surface area contributed by atoms with Crippen molar-refractivity contribution in [1.82, 2.24) is 0 Å². The van der Waals surface area contributed by atoms with Gasteiger partial charge in [0.1, 0.15) is 5.75 Å². The second-order valence-electron chi connectivity index (χ2n) is 9.71. The zero-order valence-electron chi connectivity index (χ0n) is 21.3. The minimum atomic E-state index is -0.275. The first-order valence-electron chi connectivity index (χ1n) is 12.2. The molecule has 0 saturated heterocycles. The number of esters is 1. The van der Waals surface area contributed by atoms with Gasteiger partial charge in [0, 0.05) is 18.8 Å². The van der Waals surface area contributed by atoms with Gasteiger partial charge in [-0.25, -0.2) is 4.79 Å². The summed E-state index contributed by atoms with van der Waals surface area (Å²) in [6.45, 7) is 15.3. The second kappa shape index (κ2) is 10.5. The lowest BCUT2D eigenvalue weighted by molar-refractivity contribution is 0.0526. The average molecular weight is 450 g/mol. The van der Waals surface area contributed by atoms with Gasteiger partial charge in [0.2, 0.25) is 0 Å². The lowest BCUT2D eigenvalue weighted by Crippen LogP contribution is -2.26. The van der Waals surface area contributed by atoms with E-state index in [2.05, 4.69) is 57.7 Å². The molecule has 0 amide bonds. The molecule has 0 bridgehead atoms. The molecule has 3 rings (SSSR count). The molecule has 2 aromatic rings. The predicted molar refractivity (Wildman–Crippen MR) is 137 cm³/mol. The largest absolute Gasteiger partial charge is 0.496 e. The Morgan fingerprint density at radius 3 is 2.39 bits per heavy atom. The highest BCUT2D eigenvalue weighted by Gasteiger charge is 2.30. The summed E-state index contributed by atoms with van der Waals surface area (Å²) in [5, 5.41) is 0. The third kappa shape index (κ3) is 5.43. The summed E-state index contributed by atoms with van der Waals surface area (Å²) < 4.78 is 10.9. The van der Waals surface area contributed by atoms with Gasteiger partial charge >= 0.3 is 5.97 Å². The molecule has 33 heavy (non-hydrogen) atoms. The molecular formula is C29H39NO3. The van der Waals surface area contributed by atoms with Crippen LogP contribution in [-0.2, 0) is 16.6 Å². The van der Waals surface area contributed by atoms with Crippen LogP contribution in [0.1, 0.15) is 75.0 Å². The van der Waals surface area contributed by atoms with Crippen molar-refractivity contribution < 1.29 is 14.3 Å². The molecule has 0 aliphatic heterocycles.